The Hall–Kier alpha value is -1.62. The normalized spacial score (nSPS) is 22.6. The molecule has 0 fully saturated rings. The molecule has 0 heterocycles. The van der Waals surface area contributed by atoms with Crippen LogP contribution in [0.1, 0.15) is 31.4 Å². The summed E-state index contributed by atoms with van der Waals surface area (Å²) in [6, 6.07) is 7.50. The third kappa shape index (κ3) is 3.73. The number of amides is 1. The van der Waals surface area contributed by atoms with Crippen molar-refractivity contribution in [1.29, 1.82) is 0 Å². The van der Waals surface area contributed by atoms with Gasteiger partial charge in [0.2, 0.25) is 5.91 Å². The van der Waals surface area contributed by atoms with E-state index in [2.05, 4.69) is 21.2 Å². The predicted molar refractivity (Wildman–Crippen MR) is 83.7 cm³/mol. The molecule has 1 aromatic rings. The van der Waals surface area contributed by atoms with Crippen molar-refractivity contribution >= 4 is 27.8 Å². The highest BCUT2D eigenvalue weighted by Crippen LogP contribution is 2.28. The van der Waals surface area contributed by atoms with Gasteiger partial charge in [0.05, 0.1) is 17.9 Å². The lowest BCUT2D eigenvalue weighted by Crippen LogP contribution is -2.39. The molecule has 0 spiro atoms. The van der Waals surface area contributed by atoms with E-state index in [0.717, 1.165) is 10.0 Å². The van der Waals surface area contributed by atoms with Crippen LogP contribution in [0.4, 0.5) is 0 Å². The zero-order valence-electron chi connectivity index (χ0n) is 11.8. The molecule has 112 valence electrons. The van der Waals surface area contributed by atoms with Crippen LogP contribution in [-0.4, -0.2) is 17.0 Å². The van der Waals surface area contributed by atoms with E-state index in [4.69, 9.17) is 0 Å². The molecule has 21 heavy (non-hydrogen) atoms. The number of carboxylic acid groups (broad SMARTS) is 1. The van der Waals surface area contributed by atoms with E-state index in [1.54, 1.807) is 0 Å². The number of carboxylic acids is 1. The SMILES string of the molecule is C[C@@H](NC(=O)C1CC=CCC1C(=O)O)c1ccccc1Br. The molecule has 0 saturated heterocycles. The van der Waals surface area contributed by atoms with Gasteiger partial charge in [-0.1, -0.05) is 46.3 Å². The summed E-state index contributed by atoms with van der Waals surface area (Å²) >= 11 is 3.46. The fourth-order valence-corrected chi connectivity index (χ4v) is 3.23. The van der Waals surface area contributed by atoms with Gasteiger partial charge in [-0.15, -0.1) is 0 Å². The standard InChI is InChI=1S/C16H18BrNO3/c1-10(11-6-4-5-9-14(11)17)18-15(19)12-7-2-3-8-13(12)16(20)21/h2-6,9-10,12-13H,7-8H2,1H3,(H,18,19)(H,20,21)/t10-,12?,13?/m1/s1. The van der Waals surface area contributed by atoms with Gasteiger partial charge in [0.1, 0.15) is 0 Å². The fraction of sp³-hybridized carbons (Fsp3) is 0.375. The topological polar surface area (TPSA) is 66.4 Å². The van der Waals surface area contributed by atoms with Crippen molar-refractivity contribution in [1.82, 2.24) is 5.32 Å². The molecule has 2 rings (SSSR count). The first-order valence-electron chi connectivity index (χ1n) is 6.93. The number of aliphatic carboxylic acids is 1. The second-order valence-corrected chi connectivity index (χ2v) is 6.10. The molecule has 1 amide bonds. The van der Waals surface area contributed by atoms with E-state index in [9.17, 15) is 14.7 Å². The molecule has 1 aliphatic carbocycles. The maximum absolute atomic E-state index is 12.4. The number of allylic oxidation sites excluding steroid dienone is 2. The minimum atomic E-state index is -0.909. The van der Waals surface area contributed by atoms with Crippen molar-refractivity contribution in [3.63, 3.8) is 0 Å². The van der Waals surface area contributed by atoms with Gasteiger partial charge in [-0.25, -0.2) is 0 Å². The number of nitrogens with one attached hydrogen (secondary N) is 1. The lowest BCUT2D eigenvalue weighted by atomic mass is 9.82. The van der Waals surface area contributed by atoms with Crippen molar-refractivity contribution < 1.29 is 14.7 Å². The summed E-state index contributed by atoms with van der Waals surface area (Å²) in [5.74, 6) is -2.25. The maximum atomic E-state index is 12.4. The molecular weight excluding hydrogens is 334 g/mol. The predicted octanol–water partition coefficient (Wildman–Crippen LogP) is 3.29. The molecule has 3 atom stereocenters. The van der Waals surface area contributed by atoms with Crippen LogP contribution in [0.2, 0.25) is 0 Å². The Balaban J connectivity index is 2.08. The number of carbonyl (C=O) groups is 2. The zero-order chi connectivity index (χ0) is 15.4. The lowest BCUT2D eigenvalue weighted by Gasteiger charge is -2.26. The summed E-state index contributed by atoms with van der Waals surface area (Å²) in [5.41, 5.74) is 0.976. The molecule has 0 aromatic heterocycles. The van der Waals surface area contributed by atoms with Crippen molar-refractivity contribution in [2.24, 2.45) is 11.8 Å². The van der Waals surface area contributed by atoms with Gasteiger partial charge < -0.3 is 10.4 Å². The molecule has 1 aliphatic rings. The summed E-state index contributed by atoms with van der Waals surface area (Å²) < 4.78 is 0.927. The van der Waals surface area contributed by atoms with Crippen molar-refractivity contribution in [2.75, 3.05) is 0 Å². The summed E-state index contributed by atoms with van der Waals surface area (Å²) in [5, 5.41) is 12.2. The highest BCUT2D eigenvalue weighted by molar-refractivity contribution is 9.10. The highest BCUT2D eigenvalue weighted by Gasteiger charge is 2.34. The molecule has 0 saturated carbocycles. The smallest absolute Gasteiger partial charge is 0.307 e. The number of benzene rings is 1. The second-order valence-electron chi connectivity index (χ2n) is 5.25. The third-order valence-corrected chi connectivity index (χ3v) is 4.54. The molecule has 2 unspecified atom stereocenters. The number of halogens is 1. The lowest BCUT2D eigenvalue weighted by molar-refractivity contribution is -0.147. The van der Waals surface area contributed by atoms with Gasteiger partial charge >= 0.3 is 5.97 Å². The first-order chi connectivity index (χ1) is 10.0. The average molecular weight is 352 g/mol. The van der Waals surface area contributed by atoms with Gasteiger partial charge in [-0.2, -0.15) is 0 Å². The Morgan fingerprint density at radius 3 is 2.48 bits per heavy atom. The molecule has 4 nitrogen and oxygen atoms in total. The van der Waals surface area contributed by atoms with E-state index >= 15 is 0 Å². The summed E-state index contributed by atoms with van der Waals surface area (Å²) in [6.07, 6.45) is 4.61. The molecule has 0 aliphatic heterocycles. The first-order valence-corrected chi connectivity index (χ1v) is 7.72. The largest absolute Gasteiger partial charge is 0.481 e. The van der Waals surface area contributed by atoms with Crippen LogP contribution in [0.15, 0.2) is 40.9 Å². The minimum absolute atomic E-state index is 0.173. The number of hydrogen-bond acceptors (Lipinski definition) is 2. The maximum Gasteiger partial charge on any atom is 0.307 e. The fourth-order valence-electron chi connectivity index (χ4n) is 2.60. The number of carbonyl (C=O) groups excluding carboxylic acids is 1. The van der Waals surface area contributed by atoms with Gasteiger partial charge in [-0.05, 0) is 31.4 Å². The third-order valence-electron chi connectivity index (χ3n) is 3.82. The molecule has 2 N–H and O–H groups in total. The minimum Gasteiger partial charge on any atom is -0.481 e. The summed E-state index contributed by atoms with van der Waals surface area (Å²) in [7, 11) is 0. The van der Waals surface area contributed by atoms with E-state index in [1.165, 1.54) is 0 Å². The second kappa shape index (κ2) is 6.89. The van der Waals surface area contributed by atoms with E-state index < -0.39 is 17.8 Å². The van der Waals surface area contributed by atoms with Crippen LogP contribution in [0.3, 0.4) is 0 Å². The number of hydrogen-bond donors (Lipinski definition) is 2. The average Bonchev–Trinajstić information content (AvgIpc) is 2.47. The van der Waals surface area contributed by atoms with Gasteiger partial charge in [0, 0.05) is 4.47 Å². The van der Waals surface area contributed by atoms with Gasteiger partial charge in [-0.3, -0.25) is 9.59 Å². The highest BCUT2D eigenvalue weighted by atomic mass is 79.9. The van der Waals surface area contributed by atoms with E-state index in [1.807, 2.05) is 43.3 Å². The summed E-state index contributed by atoms with van der Waals surface area (Å²) in [4.78, 5) is 23.6. The molecular formula is C16H18BrNO3. The van der Waals surface area contributed by atoms with E-state index in [-0.39, 0.29) is 11.9 Å². The quantitative estimate of drug-likeness (QED) is 0.818. The van der Waals surface area contributed by atoms with Crippen molar-refractivity contribution in [3.8, 4) is 0 Å². The van der Waals surface area contributed by atoms with Crippen LogP contribution in [0, 0.1) is 11.8 Å². The Morgan fingerprint density at radius 2 is 1.86 bits per heavy atom. The molecule has 1 aromatic carbocycles. The van der Waals surface area contributed by atoms with Gasteiger partial charge in [0.15, 0.2) is 0 Å². The van der Waals surface area contributed by atoms with Crippen molar-refractivity contribution in [3.05, 3.63) is 46.5 Å². The zero-order valence-corrected chi connectivity index (χ0v) is 13.3. The van der Waals surface area contributed by atoms with Gasteiger partial charge in [0.25, 0.3) is 0 Å². The molecule has 0 radical (unpaired) electrons. The van der Waals surface area contributed by atoms with Crippen LogP contribution in [-0.2, 0) is 9.59 Å². The number of rotatable bonds is 4. The molecule has 5 heteroatoms. The Labute approximate surface area is 132 Å². The monoisotopic (exact) mass is 351 g/mol. The van der Waals surface area contributed by atoms with E-state index in [0.29, 0.717) is 12.8 Å². The van der Waals surface area contributed by atoms with Crippen LogP contribution >= 0.6 is 15.9 Å². The van der Waals surface area contributed by atoms with Crippen LogP contribution in [0.25, 0.3) is 0 Å². The Bertz CT molecular complexity index is 570. The Morgan fingerprint density at radius 1 is 1.24 bits per heavy atom. The Kier molecular flexibility index (Phi) is 5.17. The van der Waals surface area contributed by atoms with Crippen molar-refractivity contribution in [2.45, 2.75) is 25.8 Å². The van der Waals surface area contributed by atoms with Crippen LogP contribution < -0.4 is 5.32 Å². The molecule has 0 bridgehead atoms. The summed E-state index contributed by atoms with van der Waals surface area (Å²) in [6.45, 7) is 1.90. The first kappa shape index (κ1) is 15.8. The van der Waals surface area contributed by atoms with Crippen LogP contribution in [0.5, 0.6) is 0 Å².